The molecule has 0 unspecified atom stereocenters. The van der Waals surface area contributed by atoms with Crippen molar-refractivity contribution < 1.29 is 37.8 Å². The quantitative estimate of drug-likeness (QED) is 0.0937. The van der Waals surface area contributed by atoms with Gasteiger partial charge in [-0.2, -0.15) is 13.2 Å². The van der Waals surface area contributed by atoms with Crippen LogP contribution < -0.4 is 21.3 Å². The molecule has 0 spiro atoms. The van der Waals surface area contributed by atoms with E-state index in [-0.39, 0.29) is 51.3 Å². The van der Waals surface area contributed by atoms with Crippen molar-refractivity contribution in [3.05, 3.63) is 88.4 Å². The van der Waals surface area contributed by atoms with Crippen LogP contribution in [0.2, 0.25) is 5.02 Å². The van der Waals surface area contributed by atoms with E-state index in [4.69, 9.17) is 11.6 Å². The van der Waals surface area contributed by atoms with Crippen LogP contribution in [0.1, 0.15) is 87.2 Å². The largest absolute Gasteiger partial charge is 0.508 e. The molecule has 0 radical (unpaired) electrons. The van der Waals surface area contributed by atoms with Gasteiger partial charge in [-0.05, 0) is 108 Å². The second-order valence-corrected chi connectivity index (χ2v) is 19.1. The number of anilines is 1. The number of β-amino-alcohol motifs (C(OH)–C–C–N with tert-alkyl or cyclic N) is 1. The molecule has 4 aliphatic rings. The molecule has 2 aliphatic heterocycles. The van der Waals surface area contributed by atoms with E-state index in [1.165, 1.54) is 31.0 Å². The highest BCUT2D eigenvalue weighted by molar-refractivity contribution is 7.99. The summed E-state index contributed by atoms with van der Waals surface area (Å²) in [5.74, 6) is 6.09. The van der Waals surface area contributed by atoms with Crippen molar-refractivity contribution in [3.8, 4) is 17.6 Å². The molecular weight excluding hydrogens is 827 g/mol. The van der Waals surface area contributed by atoms with Crippen LogP contribution in [0.15, 0.2) is 71.6 Å². The van der Waals surface area contributed by atoms with E-state index in [1.54, 1.807) is 36.9 Å². The lowest BCUT2D eigenvalue weighted by molar-refractivity contribution is -0.178. The number of phenols is 1. The van der Waals surface area contributed by atoms with Gasteiger partial charge < -0.3 is 31.5 Å². The fourth-order valence-corrected chi connectivity index (χ4v) is 9.42. The number of thioether (sulfide) groups is 1. The first kappa shape index (κ1) is 46.1. The molecule has 3 aromatic rings. The van der Waals surface area contributed by atoms with E-state index in [0.29, 0.717) is 35.3 Å². The lowest BCUT2D eigenvalue weighted by Crippen LogP contribution is -2.60. The third-order valence-electron chi connectivity index (χ3n) is 11.6. The number of halogens is 4. The Balaban J connectivity index is 0.000000247. The van der Waals surface area contributed by atoms with Crippen molar-refractivity contribution in [2.75, 3.05) is 24.2 Å². The van der Waals surface area contributed by atoms with Gasteiger partial charge in [0.1, 0.15) is 5.75 Å². The summed E-state index contributed by atoms with van der Waals surface area (Å²) in [6.07, 6.45) is 1.49. The molecule has 7 rings (SSSR count). The van der Waals surface area contributed by atoms with Gasteiger partial charge in [-0.3, -0.25) is 14.5 Å². The molecule has 4 amide bonds. The zero-order chi connectivity index (χ0) is 44.1. The molecule has 0 aromatic heterocycles. The van der Waals surface area contributed by atoms with Crippen molar-refractivity contribution in [1.82, 2.24) is 20.9 Å². The Morgan fingerprint density at radius 1 is 1.02 bits per heavy atom. The van der Waals surface area contributed by atoms with Gasteiger partial charge >= 0.3 is 12.2 Å². The van der Waals surface area contributed by atoms with E-state index in [9.17, 15) is 37.8 Å². The molecule has 2 aliphatic carbocycles. The fourth-order valence-electron chi connectivity index (χ4n) is 8.22. The number of piperidine rings is 1. The number of benzene rings is 3. The number of carbonyl (C=O) groups is 3. The number of nitrogens with one attached hydrogen (secondary N) is 4. The summed E-state index contributed by atoms with van der Waals surface area (Å²) in [4.78, 5) is 41.6. The fraction of sp³-hybridized carbons (Fsp3) is 0.500. The molecular formula is C46H55ClF3N5O5S. The number of hydrogen-bond donors (Lipinski definition) is 6. The Bertz CT molecular complexity index is 2120. The van der Waals surface area contributed by atoms with Gasteiger partial charge in [-0.25, -0.2) is 4.79 Å². The number of alkyl halides is 3. The predicted molar refractivity (Wildman–Crippen MR) is 232 cm³/mol. The first-order chi connectivity index (χ1) is 28.8. The van der Waals surface area contributed by atoms with E-state index < -0.39 is 29.9 Å². The van der Waals surface area contributed by atoms with Crippen LogP contribution in [-0.4, -0.2) is 81.7 Å². The predicted octanol–water partition coefficient (Wildman–Crippen LogP) is 8.39. The maximum atomic E-state index is 13.7. The number of rotatable bonds is 9. The summed E-state index contributed by atoms with van der Waals surface area (Å²) in [6, 6.07) is 16.9. The van der Waals surface area contributed by atoms with Gasteiger partial charge in [0, 0.05) is 62.6 Å². The molecule has 1 saturated heterocycles. The Morgan fingerprint density at radius 3 is 2.39 bits per heavy atom. The zero-order valence-corrected chi connectivity index (χ0v) is 36.4. The van der Waals surface area contributed by atoms with Gasteiger partial charge in [0.2, 0.25) is 11.4 Å². The second-order valence-electron chi connectivity index (χ2n) is 17.5. The van der Waals surface area contributed by atoms with Gasteiger partial charge in [-0.1, -0.05) is 67.0 Å². The number of aliphatic hydroxyl groups excluding tert-OH is 1. The number of carbonyl (C=O) groups excluding carboxylic acids is 3. The van der Waals surface area contributed by atoms with Crippen molar-refractivity contribution in [2.24, 2.45) is 17.8 Å². The normalized spacial score (nSPS) is 23.5. The number of likely N-dealkylation sites (tertiary alicyclic amines) is 1. The molecule has 6 atom stereocenters. The zero-order valence-electron chi connectivity index (χ0n) is 34.9. The van der Waals surface area contributed by atoms with Crippen LogP contribution in [0.4, 0.5) is 23.7 Å². The van der Waals surface area contributed by atoms with Gasteiger partial charge in [0.05, 0.1) is 18.2 Å². The third-order valence-corrected chi connectivity index (χ3v) is 13.0. The first-order valence-electron chi connectivity index (χ1n) is 20.8. The average molecular weight is 882 g/mol. The molecule has 2 saturated carbocycles. The SMILES string of the molecule is Cc1c(O)cccc1C(=O)N[C@@H](CSc1ccccc1)[C@H](O)CN1C[C@H]2CCCC[C@H]2C[C@H]1C(=O)NC(C)(C)C.O=C1Nc2ccc(Cl)cc2[C@@](C#CC2CC2)(C(F)(F)F)N1. The average Bonchev–Trinajstić information content (AvgIpc) is 4.04. The molecule has 3 aromatic carbocycles. The Labute approximate surface area is 365 Å². The van der Waals surface area contributed by atoms with Crippen molar-refractivity contribution in [1.29, 1.82) is 0 Å². The number of fused-ring (bicyclic) bond motifs is 2. The van der Waals surface area contributed by atoms with Gasteiger partial charge in [-0.15, -0.1) is 11.8 Å². The number of urea groups is 1. The molecule has 2 heterocycles. The number of hydrogen-bond acceptors (Lipinski definition) is 7. The number of nitrogens with zero attached hydrogens (tertiary/aromatic N) is 1. The van der Waals surface area contributed by atoms with E-state index in [2.05, 4.69) is 32.7 Å². The number of aromatic hydroxyl groups is 1. The summed E-state index contributed by atoms with van der Waals surface area (Å²) in [7, 11) is 0. The Hall–Kier alpha value is -4.42. The number of amides is 4. The maximum absolute atomic E-state index is 13.7. The summed E-state index contributed by atoms with van der Waals surface area (Å²) in [5.41, 5.74) is -2.30. The summed E-state index contributed by atoms with van der Waals surface area (Å²) in [5, 5.41) is 32.4. The highest BCUT2D eigenvalue weighted by Gasteiger charge is 2.59. The Morgan fingerprint density at radius 2 is 1.72 bits per heavy atom. The molecule has 6 N–H and O–H groups in total. The molecule has 0 bridgehead atoms. The van der Waals surface area contributed by atoms with Crippen LogP contribution >= 0.6 is 23.4 Å². The van der Waals surface area contributed by atoms with Crippen LogP contribution in [0.25, 0.3) is 0 Å². The van der Waals surface area contributed by atoms with Gasteiger partial charge in [0.25, 0.3) is 5.91 Å². The summed E-state index contributed by atoms with van der Waals surface area (Å²) >= 11 is 7.38. The summed E-state index contributed by atoms with van der Waals surface area (Å²) in [6.45, 7) is 8.76. The highest BCUT2D eigenvalue weighted by Crippen LogP contribution is 2.45. The van der Waals surface area contributed by atoms with Crippen molar-refractivity contribution in [3.63, 3.8) is 0 Å². The number of aliphatic hydroxyl groups is 1. The van der Waals surface area contributed by atoms with Gasteiger partial charge in [0.15, 0.2) is 0 Å². The van der Waals surface area contributed by atoms with E-state index in [1.807, 2.05) is 56.4 Å². The molecule has 15 heteroatoms. The Kier molecular flexibility index (Phi) is 14.6. The van der Waals surface area contributed by atoms with Crippen LogP contribution in [-0.2, 0) is 10.3 Å². The maximum Gasteiger partial charge on any atom is 0.427 e. The number of phenolic OH excluding ortho intramolecular Hbond substituents is 1. The van der Waals surface area contributed by atoms with E-state index in [0.717, 1.165) is 43.5 Å². The molecule has 3 fully saturated rings. The molecule has 61 heavy (non-hydrogen) atoms. The monoisotopic (exact) mass is 881 g/mol. The lowest BCUT2D eigenvalue weighted by Gasteiger charge is -2.47. The minimum absolute atomic E-state index is 0.0124. The lowest BCUT2D eigenvalue weighted by atomic mass is 9.72. The smallest absolute Gasteiger partial charge is 0.427 e. The van der Waals surface area contributed by atoms with Crippen LogP contribution in [0.5, 0.6) is 5.75 Å². The van der Waals surface area contributed by atoms with Crippen LogP contribution in [0, 0.1) is 36.5 Å². The third kappa shape index (κ3) is 11.7. The summed E-state index contributed by atoms with van der Waals surface area (Å²) < 4.78 is 41.0. The standard InChI is InChI=1S/C32H45N3O4S.C14H10ClF3N2O/c1-21-25(15-10-16-28(21)36)30(38)33-26(20-40-24-13-6-5-7-14-24)29(37)19-35-18-23-12-9-8-11-22(23)17-27(35)31(39)34-32(2,3)4;15-9-3-4-11-10(7-9)13(14(16,17)18,20-12(21)19-11)6-5-8-1-2-8/h5-7,10,13-16,22-23,26-27,29,36-37H,8-9,11-12,17-20H2,1-4H3,(H,33,38)(H,34,39);3-4,7-8H,1-2H2,(H2,19,20,21)/t22-,23+,26-,27-,29+;13-/m00/s1. The molecule has 10 nitrogen and oxygen atoms in total. The van der Waals surface area contributed by atoms with Crippen molar-refractivity contribution in [2.45, 2.75) is 113 Å². The first-order valence-corrected chi connectivity index (χ1v) is 22.2. The minimum atomic E-state index is -4.76. The topological polar surface area (TPSA) is 143 Å². The highest BCUT2D eigenvalue weighted by atomic mass is 35.5. The van der Waals surface area contributed by atoms with E-state index >= 15 is 0 Å². The van der Waals surface area contributed by atoms with Crippen LogP contribution in [0.3, 0.4) is 0 Å². The minimum Gasteiger partial charge on any atom is -0.508 e. The second kappa shape index (κ2) is 19.3. The van der Waals surface area contributed by atoms with Crippen molar-refractivity contribution >= 4 is 46.9 Å². The molecule has 328 valence electrons.